The molecule has 0 aliphatic carbocycles. The number of benzene rings is 6. The standard InChI is InChI=1S/C60H48N2/c1-3-44-22-11-16-30-52(44)43(2)53-38-36-50(61-57-32-17-12-25-46(57)40-47-26-13-18-33-58(47)61)29-21-31-54(45-23-9-7-5-4-6-8-10-24-45)56-42-51(37-39-55(53)56)62-59-34-19-14-27-48(59)41-49-28-15-20-35-60(49)62/h3-39,42H,40-41H2,1-2H3/b5-4?,6-4?,7-5?,8-6?,9-7?,10-8?,23-9?,24-10?,29-21?,31-21?,38-36?,44-3-,45-23?,45-24?,50-29?,50-36?,52-43+,53-38?,54-31?,55-53?,56-54?. The fourth-order valence-corrected chi connectivity index (χ4v) is 9.35. The van der Waals surface area contributed by atoms with Gasteiger partial charge in [-0.05, 0) is 128 Å². The monoisotopic (exact) mass is 796 g/mol. The van der Waals surface area contributed by atoms with Crippen molar-refractivity contribution in [3.63, 3.8) is 0 Å². The lowest BCUT2D eigenvalue weighted by Gasteiger charge is -2.33. The zero-order valence-electron chi connectivity index (χ0n) is 35.2. The molecular formula is C60H48N2. The van der Waals surface area contributed by atoms with E-state index in [4.69, 9.17) is 0 Å². The van der Waals surface area contributed by atoms with Crippen LogP contribution in [0.4, 0.5) is 34.1 Å². The molecule has 10 rings (SSSR count). The van der Waals surface area contributed by atoms with Gasteiger partial charge in [-0.1, -0.05) is 182 Å². The molecule has 0 unspecified atom stereocenters. The molecule has 62 heavy (non-hydrogen) atoms. The minimum absolute atomic E-state index is 0.904. The van der Waals surface area contributed by atoms with Crippen LogP contribution in [0.25, 0.3) is 33.5 Å². The van der Waals surface area contributed by atoms with Gasteiger partial charge in [0.05, 0.1) is 0 Å². The number of rotatable bonds is 4. The topological polar surface area (TPSA) is 6.48 Å². The van der Waals surface area contributed by atoms with Crippen LogP contribution in [0.15, 0.2) is 224 Å². The summed E-state index contributed by atoms with van der Waals surface area (Å²) in [7, 11) is 0. The molecule has 2 heterocycles. The molecule has 2 heteroatoms. The summed E-state index contributed by atoms with van der Waals surface area (Å²) < 4.78 is 0. The molecule has 8 aromatic rings. The molecule has 0 aromatic heterocycles. The predicted molar refractivity (Wildman–Crippen MR) is 264 cm³/mol. The normalized spacial score (nSPS) is 13.2. The van der Waals surface area contributed by atoms with Gasteiger partial charge in [0.2, 0.25) is 0 Å². The number of anilines is 6. The molecule has 0 spiro atoms. The molecule has 0 saturated heterocycles. The maximum Gasteiger partial charge on any atom is 0.0497 e. The van der Waals surface area contributed by atoms with Crippen LogP contribution in [0.1, 0.15) is 41.7 Å². The molecule has 2 nitrogen and oxygen atoms in total. The second kappa shape index (κ2) is 17.1. The lowest BCUT2D eigenvalue weighted by atomic mass is 9.92. The van der Waals surface area contributed by atoms with E-state index >= 15 is 0 Å². The number of nitrogens with zero attached hydrogens (tertiary/aromatic N) is 2. The second-order valence-corrected chi connectivity index (χ2v) is 16.0. The van der Waals surface area contributed by atoms with Crippen LogP contribution < -0.4 is 20.2 Å². The molecular weight excluding hydrogens is 749 g/mol. The van der Waals surface area contributed by atoms with Gasteiger partial charge in [-0.25, -0.2) is 0 Å². The van der Waals surface area contributed by atoms with Crippen molar-refractivity contribution in [2.45, 2.75) is 26.7 Å². The van der Waals surface area contributed by atoms with Crippen molar-refractivity contribution in [3.05, 3.63) is 263 Å². The summed E-state index contributed by atoms with van der Waals surface area (Å²) in [6, 6.07) is 81.9. The fraction of sp³-hybridized carbons (Fsp3) is 0.0667. The first kappa shape index (κ1) is 38.5. The Morgan fingerprint density at radius 2 is 0.871 bits per heavy atom. The third-order valence-corrected chi connectivity index (χ3v) is 12.4. The fourth-order valence-electron chi connectivity index (χ4n) is 9.35. The van der Waals surface area contributed by atoms with Crippen molar-refractivity contribution in [1.29, 1.82) is 0 Å². The van der Waals surface area contributed by atoms with E-state index in [1.54, 1.807) is 0 Å². The van der Waals surface area contributed by atoms with E-state index in [1.807, 2.05) is 0 Å². The molecule has 0 atom stereocenters. The van der Waals surface area contributed by atoms with Crippen LogP contribution in [0.3, 0.4) is 0 Å². The van der Waals surface area contributed by atoms with E-state index in [1.165, 1.54) is 66.6 Å². The van der Waals surface area contributed by atoms with Crippen LogP contribution in [0.2, 0.25) is 0 Å². The number of hydrogen-bond acceptors (Lipinski definition) is 2. The summed E-state index contributed by atoms with van der Waals surface area (Å²) in [5.74, 6) is 0. The van der Waals surface area contributed by atoms with Crippen LogP contribution in [-0.4, -0.2) is 0 Å². The maximum atomic E-state index is 2.45. The Labute approximate surface area is 365 Å². The van der Waals surface area contributed by atoms with Crippen molar-refractivity contribution in [2.24, 2.45) is 0 Å². The molecule has 0 radical (unpaired) electrons. The largest absolute Gasteiger partial charge is 0.310 e. The van der Waals surface area contributed by atoms with Gasteiger partial charge in [0, 0.05) is 47.0 Å². The highest BCUT2D eigenvalue weighted by molar-refractivity contribution is 6.03. The number of fused-ring (bicyclic) bond motifs is 5. The van der Waals surface area contributed by atoms with Gasteiger partial charge in [0.15, 0.2) is 0 Å². The summed E-state index contributed by atoms with van der Waals surface area (Å²) in [5.41, 5.74) is 17.0. The van der Waals surface area contributed by atoms with Crippen molar-refractivity contribution in [3.8, 4) is 11.1 Å². The molecule has 0 N–H and O–H groups in total. The Kier molecular flexibility index (Phi) is 10.6. The average Bonchev–Trinajstić information content (AvgIpc) is 3.32. The number of hydrogen-bond donors (Lipinski definition) is 0. The summed E-state index contributed by atoms with van der Waals surface area (Å²) in [6.45, 7) is 4.42. The smallest absolute Gasteiger partial charge is 0.0497 e. The Bertz CT molecular complexity index is 3130. The lowest BCUT2D eigenvalue weighted by molar-refractivity contribution is 1.09. The molecule has 0 amide bonds. The van der Waals surface area contributed by atoms with Gasteiger partial charge in [-0.3, -0.25) is 0 Å². The molecule has 0 saturated carbocycles. The Morgan fingerprint density at radius 3 is 1.44 bits per heavy atom. The highest BCUT2D eigenvalue weighted by atomic mass is 15.2. The third-order valence-electron chi connectivity index (χ3n) is 12.4. The van der Waals surface area contributed by atoms with Gasteiger partial charge in [-0.2, -0.15) is 0 Å². The van der Waals surface area contributed by atoms with E-state index in [9.17, 15) is 0 Å². The molecule has 2 aliphatic rings. The summed E-state index contributed by atoms with van der Waals surface area (Å²) in [4.78, 5) is 4.89. The second-order valence-electron chi connectivity index (χ2n) is 16.0. The lowest BCUT2D eigenvalue weighted by Crippen LogP contribution is -2.25. The van der Waals surface area contributed by atoms with Gasteiger partial charge in [0.25, 0.3) is 0 Å². The first-order valence-electron chi connectivity index (χ1n) is 21.6. The molecule has 298 valence electrons. The van der Waals surface area contributed by atoms with Gasteiger partial charge >= 0.3 is 0 Å². The molecule has 2 aliphatic heterocycles. The summed E-state index contributed by atoms with van der Waals surface area (Å²) in [5, 5.41) is 4.75. The van der Waals surface area contributed by atoms with Gasteiger partial charge < -0.3 is 9.80 Å². The van der Waals surface area contributed by atoms with Crippen LogP contribution in [0.5, 0.6) is 0 Å². The van der Waals surface area contributed by atoms with Crippen LogP contribution >= 0.6 is 0 Å². The quantitative estimate of drug-likeness (QED) is 0.175. The molecule has 0 bridgehead atoms. The Morgan fingerprint density at radius 1 is 0.403 bits per heavy atom. The van der Waals surface area contributed by atoms with Crippen molar-refractivity contribution in [1.82, 2.24) is 0 Å². The van der Waals surface area contributed by atoms with E-state index < -0.39 is 0 Å². The van der Waals surface area contributed by atoms with E-state index in [2.05, 4.69) is 254 Å². The SMILES string of the molecule is C/C=c1/cccc/c1=C(/C)c1ccc(N2c3ccccc3Cc3ccccc32)cccc(-c2ccccccccc2)c2cc(N3c4ccccc4Cc4ccccc43)ccc12. The highest BCUT2D eigenvalue weighted by Crippen LogP contribution is 2.46. The minimum Gasteiger partial charge on any atom is -0.310 e. The molecule has 8 aromatic carbocycles. The zero-order valence-corrected chi connectivity index (χ0v) is 35.2. The van der Waals surface area contributed by atoms with Crippen LogP contribution in [0, 0.1) is 0 Å². The summed E-state index contributed by atoms with van der Waals surface area (Å²) >= 11 is 0. The van der Waals surface area contributed by atoms with Gasteiger partial charge in [0.1, 0.15) is 0 Å². The van der Waals surface area contributed by atoms with Crippen molar-refractivity contribution < 1.29 is 0 Å². The van der Waals surface area contributed by atoms with E-state index in [0.717, 1.165) is 46.1 Å². The van der Waals surface area contributed by atoms with E-state index in [0.29, 0.717) is 0 Å². The minimum atomic E-state index is 0.904. The number of para-hydroxylation sites is 4. The first-order valence-corrected chi connectivity index (χ1v) is 21.6. The Balaban J connectivity index is 1.35. The maximum absolute atomic E-state index is 2.45. The first-order chi connectivity index (χ1) is 30.7. The van der Waals surface area contributed by atoms with E-state index in [-0.39, 0.29) is 0 Å². The third kappa shape index (κ3) is 7.31. The summed E-state index contributed by atoms with van der Waals surface area (Å²) in [6.07, 6.45) is 4.03. The predicted octanol–water partition coefficient (Wildman–Crippen LogP) is 14.5. The average molecular weight is 797 g/mol. The highest BCUT2D eigenvalue weighted by Gasteiger charge is 2.25. The van der Waals surface area contributed by atoms with Crippen LogP contribution in [-0.2, 0) is 12.8 Å². The zero-order chi connectivity index (χ0) is 41.8. The van der Waals surface area contributed by atoms with Crippen molar-refractivity contribution >= 4 is 56.5 Å². The Hall–Kier alpha value is -7.68. The molecule has 0 fully saturated rings. The van der Waals surface area contributed by atoms with Gasteiger partial charge in [-0.15, -0.1) is 0 Å². The van der Waals surface area contributed by atoms with Crippen molar-refractivity contribution in [2.75, 3.05) is 9.80 Å².